The molecule has 4 nitrogen and oxygen atoms in total. The SMILES string of the molecule is CNc1nnc(CN(C)c2ccc(F)cc2)s1. The Hall–Kier alpha value is -1.69. The third-order valence-corrected chi connectivity index (χ3v) is 3.25. The van der Waals surface area contributed by atoms with Crippen LogP contribution in [-0.2, 0) is 6.54 Å². The van der Waals surface area contributed by atoms with Crippen LogP contribution in [0, 0.1) is 5.82 Å². The summed E-state index contributed by atoms with van der Waals surface area (Å²) in [6, 6.07) is 6.39. The van der Waals surface area contributed by atoms with Crippen LogP contribution in [-0.4, -0.2) is 24.3 Å². The zero-order valence-corrected chi connectivity index (χ0v) is 10.5. The van der Waals surface area contributed by atoms with Crippen LogP contribution in [0.5, 0.6) is 0 Å². The van der Waals surface area contributed by atoms with E-state index in [2.05, 4.69) is 15.5 Å². The average molecular weight is 252 g/mol. The molecule has 0 atom stereocenters. The summed E-state index contributed by atoms with van der Waals surface area (Å²) in [4.78, 5) is 2.00. The highest BCUT2D eigenvalue weighted by Crippen LogP contribution is 2.19. The Labute approximate surface area is 103 Å². The van der Waals surface area contributed by atoms with Gasteiger partial charge in [0.05, 0.1) is 6.54 Å². The number of nitrogens with one attached hydrogen (secondary N) is 1. The van der Waals surface area contributed by atoms with Crippen LogP contribution < -0.4 is 10.2 Å². The van der Waals surface area contributed by atoms with Gasteiger partial charge in [0.15, 0.2) is 0 Å². The summed E-state index contributed by atoms with van der Waals surface area (Å²) in [5.74, 6) is -0.226. The average Bonchev–Trinajstić information content (AvgIpc) is 2.77. The molecule has 0 spiro atoms. The molecule has 2 aromatic rings. The van der Waals surface area contributed by atoms with Crippen molar-refractivity contribution in [2.75, 3.05) is 24.3 Å². The highest BCUT2D eigenvalue weighted by atomic mass is 32.1. The summed E-state index contributed by atoms with van der Waals surface area (Å²) in [5, 5.41) is 12.7. The highest BCUT2D eigenvalue weighted by molar-refractivity contribution is 7.15. The second-order valence-corrected chi connectivity index (χ2v) is 4.65. The van der Waals surface area contributed by atoms with E-state index in [0.717, 1.165) is 15.8 Å². The van der Waals surface area contributed by atoms with Crippen LogP contribution >= 0.6 is 11.3 Å². The molecular formula is C11H13FN4S. The second-order valence-electron chi connectivity index (χ2n) is 3.58. The van der Waals surface area contributed by atoms with Gasteiger partial charge >= 0.3 is 0 Å². The van der Waals surface area contributed by atoms with Crippen molar-refractivity contribution in [3.8, 4) is 0 Å². The Kier molecular flexibility index (Phi) is 3.53. The van der Waals surface area contributed by atoms with Gasteiger partial charge in [-0.05, 0) is 24.3 Å². The molecule has 2 rings (SSSR count). The number of nitrogens with zero attached hydrogens (tertiary/aromatic N) is 3. The van der Waals surface area contributed by atoms with E-state index in [0.29, 0.717) is 6.54 Å². The van der Waals surface area contributed by atoms with Gasteiger partial charge in [-0.2, -0.15) is 0 Å². The Bertz CT molecular complexity index is 482. The quantitative estimate of drug-likeness (QED) is 0.907. The van der Waals surface area contributed by atoms with Gasteiger partial charge in [0, 0.05) is 19.8 Å². The van der Waals surface area contributed by atoms with E-state index < -0.39 is 0 Å². The van der Waals surface area contributed by atoms with Crippen LogP contribution in [0.1, 0.15) is 5.01 Å². The molecule has 0 fully saturated rings. The number of anilines is 2. The molecule has 90 valence electrons. The third-order valence-electron chi connectivity index (χ3n) is 2.32. The summed E-state index contributed by atoms with van der Waals surface area (Å²) in [7, 11) is 3.75. The van der Waals surface area contributed by atoms with E-state index in [9.17, 15) is 4.39 Å². The van der Waals surface area contributed by atoms with Crippen molar-refractivity contribution in [3.63, 3.8) is 0 Å². The standard InChI is InChI=1S/C11H13FN4S/c1-13-11-15-14-10(17-11)7-16(2)9-5-3-8(12)4-6-9/h3-6H,7H2,1-2H3,(H,13,15). The van der Waals surface area contributed by atoms with Crippen molar-refractivity contribution in [1.82, 2.24) is 10.2 Å². The molecule has 0 aliphatic rings. The fourth-order valence-corrected chi connectivity index (χ4v) is 2.16. The first-order valence-electron chi connectivity index (χ1n) is 5.16. The minimum absolute atomic E-state index is 0.226. The van der Waals surface area contributed by atoms with Crippen LogP contribution in [0.4, 0.5) is 15.2 Å². The molecule has 1 N–H and O–H groups in total. The van der Waals surface area contributed by atoms with Crippen molar-refractivity contribution in [2.45, 2.75) is 6.54 Å². The first-order chi connectivity index (χ1) is 8.19. The number of aromatic nitrogens is 2. The predicted molar refractivity (Wildman–Crippen MR) is 68.0 cm³/mol. The lowest BCUT2D eigenvalue weighted by Gasteiger charge is -2.17. The van der Waals surface area contributed by atoms with Gasteiger partial charge in [0.2, 0.25) is 5.13 Å². The van der Waals surface area contributed by atoms with E-state index in [1.807, 2.05) is 19.0 Å². The van der Waals surface area contributed by atoms with Crippen molar-refractivity contribution in [2.24, 2.45) is 0 Å². The number of rotatable bonds is 4. The van der Waals surface area contributed by atoms with Crippen molar-refractivity contribution >= 4 is 22.2 Å². The number of halogens is 1. The molecule has 0 unspecified atom stereocenters. The first kappa shape index (κ1) is 11.8. The van der Waals surface area contributed by atoms with Crippen LogP contribution in [0.15, 0.2) is 24.3 Å². The predicted octanol–water partition coefficient (Wildman–Crippen LogP) is 2.36. The molecule has 0 radical (unpaired) electrons. The molecule has 6 heteroatoms. The lowest BCUT2D eigenvalue weighted by molar-refractivity contribution is 0.627. The normalized spacial score (nSPS) is 10.3. The maximum absolute atomic E-state index is 12.8. The Morgan fingerprint density at radius 1 is 1.29 bits per heavy atom. The largest absolute Gasteiger partial charge is 0.368 e. The second kappa shape index (κ2) is 5.09. The maximum Gasteiger partial charge on any atom is 0.205 e. The van der Waals surface area contributed by atoms with Crippen molar-refractivity contribution < 1.29 is 4.39 Å². The zero-order chi connectivity index (χ0) is 12.3. The Morgan fingerprint density at radius 3 is 2.59 bits per heavy atom. The lowest BCUT2D eigenvalue weighted by atomic mass is 10.3. The van der Waals surface area contributed by atoms with Gasteiger partial charge in [0.25, 0.3) is 0 Å². The number of hydrogen-bond acceptors (Lipinski definition) is 5. The highest BCUT2D eigenvalue weighted by Gasteiger charge is 2.07. The van der Waals surface area contributed by atoms with Gasteiger partial charge in [0.1, 0.15) is 10.8 Å². The fraction of sp³-hybridized carbons (Fsp3) is 0.273. The van der Waals surface area contributed by atoms with Gasteiger partial charge in [-0.15, -0.1) is 10.2 Å². The number of benzene rings is 1. The van der Waals surface area contributed by atoms with E-state index >= 15 is 0 Å². The molecule has 1 aromatic heterocycles. The molecule has 1 aromatic carbocycles. The molecule has 0 bridgehead atoms. The van der Waals surface area contributed by atoms with Crippen molar-refractivity contribution in [3.05, 3.63) is 35.1 Å². The zero-order valence-electron chi connectivity index (χ0n) is 9.64. The van der Waals surface area contributed by atoms with E-state index in [-0.39, 0.29) is 5.82 Å². The molecule has 1 heterocycles. The fourth-order valence-electron chi connectivity index (χ4n) is 1.41. The van der Waals surface area contributed by atoms with Crippen LogP contribution in [0.3, 0.4) is 0 Å². The van der Waals surface area contributed by atoms with Crippen LogP contribution in [0.25, 0.3) is 0 Å². The monoisotopic (exact) mass is 252 g/mol. The summed E-state index contributed by atoms with van der Waals surface area (Å²) < 4.78 is 12.8. The summed E-state index contributed by atoms with van der Waals surface area (Å²) in [5.41, 5.74) is 0.951. The van der Waals surface area contributed by atoms with Crippen molar-refractivity contribution in [1.29, 1.82) is 0 Å². The Balaban J connectivity index is 2.05. The van der Waals surface area contributed by atoms with Gasteiger partial charge < -0.3 is 10.2 Å². The summed E-state index contributed by atoms with van der Waals surface area (Å²) in [6.45, 7) is 0.658. The molecule has 0 saturated heterocycles. The summed E-state index contributed by atoms with van der Waals surface area (Å²) in [6.07, 6.45) is 0. The Morgan fingerprint density at radius 2 is 2.00 bits per heavy atom. The number of hydrogen-bond donors (Lipinski definition) is 1. The van der Waals surface area contributed by atoms with Gasteiger partial charge in [-0.3, -0.25) is 0 Å². The smallest absolute Gasteiger partial charge is 0.205 e. The van der Waals surface area contributed by atoms with Gasteiger partial charge in [-0.1, -0.05) is 11.3 Å². The molecular weight excluding hydrogens is 239 g/mol. The molecule has 0 aliphatic carbocycles. The molecule has 17 heavy (non-hydrogen) atoms. The summed E-state index contributed by atoms with van der Waals surface area (Å²) >= 11 is 1.51. The van der Waals surface area contributed by atoms with E-state index in [1.54, 1.807) is 12.1 Å². The minimum Gasteiger partial charge on any atom is -0.368 e. The maximum atomic E-state index is 12.8. The molecule has 0 amide bonds. The van der Waals surface area contributed by atoms with E-state index in [1.165, 1.54) is 23.5 Å². The van der Waals surface area contributed by atoms with Gasteiger partial charge in [-0.25, -0.2) is 4.39 Å². The minimum atomic E-state index is -0.226. The third kappa shape index (κ3) is 2.91. The van der Waals surface area contributed by atoms with E-state index in [4.69, 9.17) is 0 Å². The first-order valence-corrected chi connectivity index (χ1v) is 5.97. The topological polar surface area (TPSA) is 41.1 Å². The van der Waals surface area contributed by atoms with Crippen LogP contribution in [0.2, 0.25) is 0 Å². The molecule has 0 saturated carbocycles. The molecule has 0 aliphatic heterocycles. The lowest BCUT2D eigenvalue weighted by Crippen LogP contribution is -2.16.